The van der Waals surface area contributed by atoms with E-state index in [-0.39, 0.29) is 9.13 Å². The lowest BCUT2D eigenvalue weighted by molar-refractivity contribution is -0.138. The lowest BCUT2D eigenvalue weighted by atomic mass is 10.0. The number of carbonyl (C=O) groups excluding carboxylic acids is 1. The smallest absolute Gasteiger partial charge is 0.276 e. The number of halogens is 5. The number of hydrogen-bond acceptors (Lipinski definition) is 2. The van der Waals surface area contributed by atoms with Crippen LogP contribution in [0.5, 0.6) is 0 Å². The minimum absolute atomic E-state index is 0.0404. The molecule has 2 nitrogen and oxygen atoms in total. The van der Waals surface area contributed by atoms with Gasteiger partial charge in [0.15, 0.2) is 0 Å². The molecule has 1 aromatic carbocycles. The van der Waals surface area contributed by atoms with Crippen LogP contribution in [0.2, 0.25) is 0 Å². The highest BCUT2D eigenvalue weighted by atomic mass is 127. The van der Waals surface area contributed by atoms with E-state index in [1.54, 1.807) is 6.07 Å². The summed E-state index contributed by atoms with van der Waals surface area (Å²) >= 11 is 6.48. The lowest BCUT2D eigenvalue weighted by Crippen LogP contribution is -2.13. The number of benzene rings is 1. The molecule has 0 aromatic heterocycles. The van der Waals surface area contributed by atoms with Crippen LogP contribution in [0.1, 0.15) is 21.5 Å². The van der Waals surface area contributed by atoms with Gasteiger partial charge in [0.25, 0.3) is 5.24 Å². The van der Waals surface area contributed by atoms with E-state index in [9.17, 15) is 18.0 Å². The maximum atomic E-state index is 12.6. The summed E-state index contributed by atoms with van der Waals surface area (Å²) in [5.41, 5.74) is -1.84. The van der Waals surface area contributed by atoms with E-state index in [2.05, 4.69) is 0 Å². The SMILES string of the molecule is N#Cc1cc(I)c(C(F)(F)F)c(C(=O)Cl)c1. The Bertz CT molecular complexity index is 493. The van der Waals surface area contributed by atoms with Gasteiger partial charge >= 0.3 is 6.18 Å². The number of nitrogens with zero attached hydrogens (tertiary/aromatic N) is 1. The molecule has 0 atom stereocenters. The molecule has 0 heterocycles. The summed E-state index contributed by atoms with van der Waals surface area (Å²) in [6, 6.07) is 3.54. The molecule has 0 saturated heterocycles. The summed E-state index contributed by atoms with van der Waals surface area (Å²) in [6.45, 7) is 0. The van der Waals surface area contributed by atoms with Crippen LogP contribution in [-0.2, 0) is 6.18 Å². The van der Waals surface area contributed by atoms with Gasteiger partial charge < -0.3 is 0 Å². The Balaban J connectivity index is 3.61. The molecule has 0 aliphatic carbocycles. The van der Waals surface area contributed by atoms with E-state index in [4.69, 9.17) is 16.9 Å². The number of rotatable bonds is 1. The molecule has 0 bridgehead atoms. The minimum Gasteiger partial charge on any atom is -0.276 e. The summed E-state index contributed by atoms with van der Waals surface area (Å²) in [4.78, 5) is 10.9. The van der Waals surface area contributed by atoms with Crippen LogP contribution in [0, 0.1) is 14.9 Å². The molecule has 0 fully saturated rings. The van der Waals surface area contributed by atoms with Gasteiger partial charge in [-0.25, -0.2) is 0 Å². The van der Waals surface area contributed by atoms with Crippen LogP contribution in [0.25, 0.3) is 0 Å². The van der Waals surface area contributed by atoms with Crippen molar-refractivity contribution in [2.45, 2.75) is 6.18 Å². The third-order valence-electron chi connectivity index (χ3n) is 1.71. The average Bonchev–Trinajstić information content (AvgIpc) is 2.14. The van der Waals surface area contributed by atoms with Crippen molar-refractivity contribution < 1.29 is 18.0 Å². The standard InChI is InChI=1S/C9H2ClF3INO/c10-8(16)5-1-4(3-15)2-6(14)7(5)9(11,12)13/h1-2H. The molecular formula is C9H2ClF3INO. The molecule has 1 rings (SSSR count). The first-order valence-corrected chi connectivity index (χ1v) is 5.23. The number of alkyl halides is 3. The van der Waals surface area contributed by atoms with Crippen molar-refractivity contribution in [2.24, 2.45) is 0 Å². The largest absolute Gasteiger partial charge is 0.418 e. The van der Waals surface area contributed by atoms with E-state index in [1.807, 2.05) is 0 Å². The summed E-state index contributed by atoms with van der Waals surface area (Å²) in [7, 11) is 0. The number of nitriles is 1. The molecule has 84 valence electrons. The van der Waals surface area contributed by atoms with Crippen molar-refractivity contribution >= 4 is 39.4 Å². The molecule has 16 heavy (non-hydrogen) atoms. The molecule has 0 aliphatic rings. The second kappa shape index (κ2) is 4.59. The van der Waals surface area contributed by atoms with Crippen LogP contribution in [0.15, 0.2) is 12.1 Å². The summed E-state index contributed by atoms with van der Waals surface area (Å²) in [6.07, 6.45) is -4.68. The molecule has 0 spiro atoms. The zero-order chi connectivity index (χ0) is 12.5. The van der Waals surface area contributed by atoms with Gasteiger partial charge in [-0.1, -0.05) is 0 Å². The fourth-order valence-corrected chi connectivity index (χ4v) is 2.20. The highest BCUT2D eigenvalue weighted by Crippen LogP contribution is 2.36. The van der Waals surface area contributed by atoms with E-state index >= 15 is 0 Å². The van der Waals surface area contributed by atoms with Crippen molar-refractivity contribution in [3.05, 3.63) is 32.4 Å². The van der Waals surface area contributed by atoms with Gasteiger partial charge in [-0.2, -0.15) is 18.4 Å². The van der Waals surface area contributed by atoms with Gasteiger partial charge in [0.1, 0.15) is 0 Å². The van der Waals surface area contributed by atoms with E-state index in [0.717, 1.165) is 12.1 Å². The molecular weight excluding hydrogens is 357 g/mol. The lowest BCUT2D eigenvalue weighted by Gasteiger charge is -2.12. The average molecular weight is 359 g/mol. The van der Waals surface area contributed by atoms with Crippen LogP contribution in [0.3, 0.4) is 0 Å². The molecule has 0 aliphatic heterocycles. The topological polar surface area (TPSA) is 40.9 Å². The van der Waals surface area contributed by atoms with Crippen molar-refractivity contribution in [1.82, 2.24) is 0 Å². The van der Waals surface area contributed by atoms with Crippen LogP contribution >= 0.6 is 34.2 Å². The second-order valence-electron chi connectivity index (χ2n) is 2.76. The minimum atomic E-state index is -4.68. The molecule has 0 unspecified atom stereocenters. The van der Waals surface area contributed by atoms with Crippen molar-refractivity contribution in [1.29, 1.82) is 5.26 Å². The fraction of sp³-hybridized carbons (Fsp3) is 0.111. The Labute approximate surface area is 107 Å². The first kappa shape index (κ1) is 13.3. The monoisotopic (exact) mass is 359 g/mol. The Morgan fingerprint density at radius 3 is 2.38 bits per heavy atom. The molecule has 0 amide bonds. The van der Waals surface area contributed by atoms with Crippen molar-refractivity contribution in [3.8, 4) is 6.07 Å². The highest BCUT2D eigenvalue weighted by molar-refractivity contribution is 14.1. The summed E-state index contributed by atoms with van der Waals surface area (Å²) in [5, 5.41) is 7.34. The summed E-state index contributed by atoms with van der Waals surface area (Å²) in [5.74, 6) is 0. The molecule has 7 heteroatoms. The molecule has 1 aromatic rings. The van der Waals surface area contributed by atoms with E-state index in [1.165, 1.54) is 22.6 Å². The van der Waals surface area contributed by atoms with Crippen molar-refractivity contribution in [3.63, 3.8) is 0 Å². The Hall–Kier alpha value is -0.810. The first-order chi connectivity index (χ1) is 7.27. The third kappa shape index (κ3) is 2.65. The zero-order valence-electron chi connectivity index (χ0n) is 7.40. The van der Waals surface area contributed by atoms with Crippen LogP contribution in [0.4, 0.5) is 13.2 Å². The number of carbonyl (C=O) groups is 1. The molecule has 0 saturated carbocycles. The Kier molecular flexibility index (Phi) is 3.80. The zero-order valence-corrected chi connectivity index (χ0v) is 10.3. The predicted molar refractivity (Wildman–Crippen MR) is 59.1 cm³/mol. The van der Waals surface area contributed by atoms with Crippen molar-refractivity contribution in [2.75, 3.05) is 0 Å². The van der Waals surface area contributed by atoms with Crippen LogP contribution < -0.4 is 0 Å². The maximum absolute atomic E-state index is 12.6. The molecule has 0 radical (unpaired) electrons. The normalized spacial score (nSPS) is 11.0. The van der Waals surface area contributed by atoms with Gasteiger partial charge in [0.05, 0.1) is 17.2 Å². The maximum Gasteiger partial charge on any atom is 0.418 e. The van der Waals surface area contributed by atoms with Gasteiger partial charge in [-0.3, -0.25) is 4.79 Å². The van der Waals surface area contributed by atoms with Crippen LogP contribution in [-0.4, -0.2) is 5.24 Å². The first-order valence-electron chi connectivity index (χ1n) is 3.78. The van der Waals surface area contributed by atoms with Gasteiger partial charge in [-0.05, 0) is 46.3 Å². The fourth-order valence-electron chi connectivity index (χ4n) is 1.11. The Morgan fingerprint density at radius 2 is 2.00 bits per heavy atom. The van der Waals surface area contributed by atoms with E-state index < -0.39 is 22.5 Å². The van der Waals surface area contributed by atoms with Gasteiger partial charge in [0.2, 0.25) is 0 Å². The van der Waals surface area contributed by atoms with E-state index in [0.29, 0.717) is 0 Å². The molecule has 0 N–H and O–H groups in total. The quantitative estimate of drug-likeness (QED) is 0.568. The summed E-state index contributed by atoms with van der Waals surface area (Å²) < 4.78 is 37.6. The Morgan fingerprint density at radius 1 is 1.44 bits per heavy atom. The van der Waals surface area contributed by atoms with Gasteiger partial charge in [-0.15, -0.1) is 0 Å². The third-order valence-corrected chi connectivity index (χ3v) is 2.77. The number of hydrogen-bond donors (Lipinski definition) is 0. The second-order valence-corrected chi connectivity index (χ2v) is 4.27. The highest BCUT2D eigenvalue weighted by Gasteiger charge is 2.37. The van der Waals surface area contributed by atoms with Gasteiger partial charge in [0, 0.05) is 9.13 Å². The predicted octanol–water partition coefficient (Wildman–Crippen LogP) is 3.56.